The van der Waals surface area contributed by atoms with Crippen molar-refractivity contribution < 1.29 is 9.90 Å². The number of rotatable bonds is 2. The van der Waals surface area contributed by atoms with Crippen LogP contribution in [0.15, 0.2) is 24.3 Å². The van der Waals surface area contributed by atoms with Gasteiger partial charge in [0.25, 0.3) is 0 Å². The molecule has 0 atom stereocenters. The molecule has 1 aliphatic rings. The molecule has 2 aromatic rings. The zero-order valence-corrected chi connectivity index (χ0v) is 10.8. The van der Waals surface area contributed by atoms with Crippen LogP contribution in [-0.4, -0.2) is 29.1 Å². The van der Waals surface area contributed by atoms with E-state index in [-0.39, 0.29) is 5.69 Å². The number of nitrogens with one attached hydrogen (secondary N) is 2. The third-order valence-corrected chi connectivity index (χ3v) is 3.71. The van der Waals surface area contributed by atoms with E-state index in [0.717, 1.165) is 36.0 Å². The molecule has 0 radical (unpaired) electrons. The topological polar surface area (TPSA) is 65.1 Å². The molecule has 4 heteroatoms. The van der Waals surface area contributed by atoms with Crippen molar-refractivity contribution in [1.82, 2.24) is 10.3 Å². The maximum absolute atomic E-state index is 11.1. The lowest BCUT2D eigenvalue weighted by atomic mass is 9.98. The zero-order chi connectivity index (χ0) is 13.4. The summed E-state index contributed by atoms with van der Waals surface area (Å²) in [6.45, 7) is 3.75. The summed E-state index contributed by atoms with van der Waals surface area (Å²) in [4.78, 5) is 14.1. The molecular weight excluding hydrogens is 240 g/mol. The summed E-state index contributed by atoms with van der Waals surface area (Å²) in [7, 11) is 0. The summed E-state index contributed by atoms with van der Waals surface area (Å²) in [6.07, 6.45) is 3.21. The van der Waals surface area contributed by atoms with Gasteiger partial charge in [0.2, 0.25) is 0 Å². The molecule has 3 rings (SSSR count). The van der Waals surface area contributed by atoms with Crippen molar-refractivity contribution in [2.24, 2.45) is 0 Å². The van der Waals surface area contributed by atoms with Crippen LogP contribution < -0.4 is 5.32 Å². The third kappa shape index (κ3) is 2.04. The standard InChI is InChI=1S/C15H16N2O2/c1-9-12-8-11(10-4-6-16-7-5-10)2-3-13(12)17-14(9)15(18)19/h2-4,8,16-17H,5-7H2,1H3,(H,18,19). The van der Waals surface area contributed by atoms with E-state index in [1.54, 1.807) is 0 Å². The number of fused-ring (bicyclic) bond motifs is 1. The molecule has 0 saturated carbocycles. The highest BCUT2D eigenvalue weighted by atomic mass is 16.4. The average molecular weight is 256 g/mol. The molecule has 1 aromatic carbocycles. The monoisotopic (exact) mass is 256 g/mol. The molecule has 1 aliphatic heterocycles. The first kappa shape index (κ1) is 12.0. The number of aromatic amines is 1. The molecule has 0 aliphatic carbocycles. The van der Waals surface area contributed by atoms with Crippen LogP contribution in [0.25, 0.3) is 16.5 Å². The molecule has 0 amide bonds. The molecule has 98 valence electrons. The van der Waals surface area contributed by atoms with E-state index in [4.69, 9.17) is 5.11 Å². The van der Waals surface area contributed by atoms with Crippen LogP contribution in [0.1, 0.15) is 28.0 Å². The predicted octanol–water partition coefficient (Wildman–Crippen LogP) is 2.55. The highest BCUT2D eigenvalue weighted by Gasteiger charge is 2.14. The summed E-state index contributed by atoms with van der Waals surface area (Å²) < 4.78 is 0. The zero-order valence-electron chi connectivity index (χ0n) is 10.8. The van der Waals surface area contributed by atoms with Crippen LogP contribution >= 0.6 is 0 Å². The van der Waals surface area contributed by atoms with Gasteiger partial charge in [-0.15, -0.1) is 0 Å². The number of carboxylic acids is 1. The van der Waals surface area contributed by atoms with Crippen LogP contribution in [0.5, 0.6) is 0 Å². The van der Waals surface area contributed by atoms with Crippen LogP contribution in [0, 0.1) is 6.92 Å². The van der Waals surface area contributed by atoms with E-state index < -0.39 is 5.97 Å². The van der Waals surface area contributed by atoms with Crippen LogP contribution in [0.3, 0.4) is 0 Å². The number of hydrogen-bond acceptors (Lipinski definition) is 2. The maximum atomic E-state index is 11.1. The number of aromatic nitrogens is 1. The Labute approximate surface area is 111 Å². The summed E-state index contributed by atoms with van der Waals surface area (Å²) in [5.41, 5.74) is 4.49. The second kappa shape index (κ2) is 4.55. The first-order valence-corrected chi connectivity index (χ1v) is 6.42. The minimum Gasteiger partial charge on any atom is -0.477 e. The van der Waals surface area contributed by atoms with Gasteiger partial charge in [0.15, 0.2) is 0 Å². The smallest absolute Gasteiger partial charge is 0.352 e. The fraction of sp³-hybridized carbons (Fsp3) is 0.267. The van der Waals surface area contributed by atoms with Crippen LogP contribution in [0.2, 0.25) is 0 Å². The Morgan fingerprint density at radius 2 is 2.21 bits per heavy atom. The maximum Gasteiger partial charge on any atom is 0.352 e. The second-order valence-electron chi connectivity index (χ2n) is 4.87. The van der Waals surface area contributed by atoms with Crippen LogP contribution in [0.4, 0.5) is 0 Å². The fourth-order valence-electron chi connectivity index (χ4n) is 2.62. The molecule has 1 aromatic heterocycles. The Morgan fingerprint density at radius 1 is 1.37 bits per heavy atom. The van der Waals surface area contributed by atoms with Gasteiger partial charge in [-0.2, -0.15) is 0 Å². The number of carbonyl (C=O) groups is 1. The predicted molar refractivity (Wildman–Crippen MR) is 75.5 cm³/mol. The molecular formula is C15H16N2O2. The quantitative estimate of drug-likeness (QED) is 0.773. The van der Waals surface area contributed by atoms with E-state index in [2.05, 4.69) is 28.5 Å². The average Bonchev–Trinajstić information content (AvgIpc) is 2.77. The molecule has 0 spiro atoms. The van der Waals surface area contributed by atoms with Crippen molar-refractivity contribution in [3.8, 4) is 0 Å². The normalized spacial score (nSPS) is 15.5. The van der Waals surface area contributed by atoms with Gasteiger partial charge in [0.05, 0.1) is 0 Å². The van der Waals surface area contributed by atoms with Crippen molar-refractivity contribution >= 4 is 22.4 Å². The number of aromatic carboxylic acids is 1. The molecule has 4 nitrogen and oxygen atoms in total. The Morgan fingerprint density at radius 3 is 2.89 bits per heavy atom. The number of aryl methyl sites for hydroxylation is 1. The fourth-order valence-corrected chi connectivity index (χ4v) is 2.62. The Balaban J connectivity index is 2.12. The lowest BCUT2D eigenvalue weighted by Gasteiger charge is -2.14. The first-order valence-electron chi connectivity index (χ1n) is 6.42. The summed E-state index contributed by atoms with van der Waals surface area (Å²) >= 11 is 0. The third-order valence-electron chi connectivity index (χ3n) is 3.71. The lowest BCUT2D eigenvalue weighted by Crippen LogP contribution is -2.19. The minimum absolute atomic E-state index is 0.284. The van der Waals surface area contributed by atoms with E-state index in [0.29, 0.717) is 0 Å². The van der Waals surface area contributed by atoms with Crippen molar-refractivity contribution in [3.63, 3.8) is 0 Å². The molecule has 2 heterocycles. The summed E-state index contributed by atoms with van der Waals surface area (Å²) in [5, 5.41) is 13.4. The van der Waals surface area contributed by atoms with Crippen molar-refractivity contribution in [2.45, 2.75) is 13.3 Å². The number of carboxylic acid groups (broad SMARTS) is 1. The van der Waals surface area contributed by atoms with E-state index in [1.807, 2.05) is 13.0 Å². The molecule has 0 bridgehead atoms. The molecule has 0 saturated heterocycles. The van der Waals surface area contributed by atoms with Gasteiger partial charge >= 0.3 is 5.97 Å². The SMILES string of the molecule is Cc1c(C(=O)O)[nH]c2ccc(C3=CCNCC3)cc12. The van der Waals surface area contributed by atoms with E-state index in [9.17, 15) is 4.79 Å². The van der Waals surface area contributed by atoms with Crippen LogP contribution in [-0.2, 0) is 0 Å². The van der Waals surface area contributed by atoms with Gasteiger partial charge < -0.3 is 15.4 Å². The van der Waals surface area contributed by atoms with Gasteiger partial charge in [0, 0.05) is 17.4 Å². The summed E-state index contributed by atoms with van der Waals surface area (Å²) in [5.74, 6) is -0.906. The van der Waals surface area contributed by atoms with Gasteiger partial charge in [-0.1, -0.05) is 12.1 Å². The van der Waals surface area contributed by atoms with Crippen molar-refractivity contribution in [2.75, 3.05) is 13.1 Å². The Kier molecular flexibility index (Phi) is 2.87. The van der Waals surface area contributed by atoms with E-state index in [1.165, 1.54) is 11.1 Å². The Bertz CT molecular complexity index is 683. The molecule has 3 N–H and O–H groups in total. The van der Waals surface area contributed by atoms with Crippen molar-refractivity contribution in [3.05, 3.63) is 41.1 Å². The van der Waals surface area contributed by atoms with E-state index >= 15 is 0 Å². The second-order valence-corrected chi connectivity index (χ2v) is 4.87. The number of H-pyrrole nitrogens is 1. The van der Waals surface area contributed by atoms with Gasteiger partial charge in [-0.25, -0.2) is 4.79 Å². The van der Waals surface area contributed by atoms with Crippen molar-refractivity contribution in [1.29, 1.82) is 0 Å². The van der Waals surface area contributed by atoms with Gasteiger partial charge in [0.1, 0.15) is 5.69 Å². The highest BCUT2D eigenvalue weighted by Crippen LogP contribution is 2.27. The number of benzene rings is 1. The Hall–Kier alpha value is -2.07. The molecule has 0 unspecified atom stereocenters. The summed E-state index contributed by atoms with van der Waals surface area (Å²) in [6, 6.07) is 6.11. The van der Waals surface area contributed by atoms with Gasteiger partial charge in [-0.3, -0.25) is 0 Å². The molecule has 0 fully saturated rings. The highest BCUT2D eigenvalue weighted by molar-refractivity contribution is 5.98. The minimum atomic E-state index is -0.906. The van der Waals surface area contributed by atoms with Gasteiger partial charge in [-0.05, 0) is 48.7 Å². The lowest BCUT2D eigenvalue weighted by molar-refractivity contribution is 0.0691. The number of hydrogen-bond donors (Lipinski definition) is 3. The molecule has 19 heavy (non-hydrogen) atoms. The largest absolute Gasteiger partial charge is 0.477 e. The first-order chi connectivity index (χ1) is 9.16.